The first-order valence-corrected chi connectivity index (χ1v) is 6.30. The van der Waals surface area contributed by atoms with Crippen LogP contribution in [0.15, 0.2) is 24.4 Å². The first-order chi connectivity index (χ1) is 8.63. The van der Waals surface area contributed by atoms with Crippen LogP contribution in [0.2, 0.25) is 10.0 Å². The highest BCUT2D eigenvalue weighted by atomic mass is 35.5. The summed E-state index contributed by atoms with van der Waals surface area (Å²) in [4.78, 5) is 16.1. The number of pyridine rings is 1. The fourth-order valence-corrected chi connectivity index (χ4v) is 2.01. The van der Waals surface area contributed by atoms with Gasteiger partial charge in [0.2, 0.25) is 0 Å². The van der Waals surface area contributed by atoms with Crippen LogP contribution in [-0.2, 0) is 4.74 Å². The van der Waals surface area contributed by atoms with Crippen molar-refractivity contribution in [1.29, 1.82) is 0 Å². The largest absolute Gasteiger partial charge is 0.462 e. The SMILES string of the molecule is CCCOC(=O)c1c(Cl)ccc2cc(Cl)cnc12. The van der Waals surface area contributed by atoms with Crippen molar-refractivity contribution in [2.75, 3.05) is 6.61 Å². The highest BCUT2D eigenvalue weighted by molar-refractivity contribution is 6.35. The Morgan fingerprint density at radius 2 is 2.17 bits per heavy atom. The number of fused-ring (bicyclic) bond motifs is 1. The Kier molecular flexibility index (Phi) is 4.04. The minimum absolute atomic E-state index is 0.291. The molecule has 0 spiro atoms. The number of carbonyl (C=O) groups excluding carboxylic acids is 1. The first kappa shape index (κ1) is 13.1. The van der Waals surface area contributed by atoms with Gasteiger partial charge in [0, 0.05) is 11.6 Å². The third kappa shape index (κ3) is 2.57. The number of hydrogen-bond acceptors (Lipinski definition) is 3. The minimum atomic E-state index is -0.456. The van der Waals surface area contributed by atoms with Crippen LogP contribution in [0, 0.1) is 0 Å². The van der Waals surface area contributed by atoms with Crippen LogP contribution < -0.4 is 0 Å². The standard InChI is InChI=1S/C13H11Cl2NO2/c1-2-5-18-13(17)11-10(15)4-3-8-6-9(14)7-16-12(8)11/h3-4,6-7H,2,5H2,1H3. The molecule has 94 valence electrons. The zero-order chi connectivity index (χ0) is 13.1. The molecule has 1 aromatic heterocycles. The number of benzene rings is 1. The van der Waals surface area contributed by atoms with Crippen LogP contribution >= 0.6 is 23.2 Å². The summed E-state index contributed by atoms with van der Waals surface area (Å²) in [7, 11) is 0. The fraction of sp³-hybridized carbons (Fsp3) is 0.231. The molecule has 0 aliphatic heterocycles. The lowest BCUT2D eigenvalue weighted by molar-refractivity contribution is 0.0507. The number of hydrogen-bond donors (Lipinski definition) is 0. The van der Waals surface area contributed by atoms with E-state index in [1.165, 1.54) is 6.20 Å². The van der Waals surface area contributed by atoms with Crippen LogP contribution in [0.5, 0.6) is 0 Å². The number of rotatable bonds is 3. The van der Waals surface area contributed by atoms with Crippen molar-refractivity contribution in [2.24, 2.45) is 0 Å². The van der Waals surface area contributed by atoms with Crippen molar-refractivity contribution < 1.29 is 9.53 Å². The van der Waals surface area contributed by atoms with Crippen molar-refractivity contribution in [1.82, 2.24) is 4.98 Å². The van der Waals surface area contributed by atoms with Crippen molar-refractivity contribution in [3.05, 3.63) is 40.0 Å². The Morgan fingerprint density at radius 3 is 2.89 bits per heavy atom. The lowest BCUT2D eigenvalue weighted by Gasteiger charge is -2.08. The number of aromatic nitrogens is 1. The predicted molar refractivity (Wildman–Crippen MR) is 72.3 cm³/mol. The van der Waals surface area contributed by atoms with Gasteiger partial charge in [0.05, 0.1) is 22.2 Å². The summed E-state index contributed by atoms with van der Waals surface area (Å²) in [6.45, 7) is 2.29. The van der Waals surface area contributed by atoms with Gasteiger partial charge in [-0.05, 0) is 18.6 Å². The molecule has 0 saturated carbocycles. The monoisotopic (exact) mass is 283 g/mol. The van der Waals surface area contributed by atoms with E-state index in [1.54, 1.807) is 18.2 Å². The fourth-order valence-electron chi connectivity index (χ4n) is 1.61. The molecule has 1 heterocycles. The van der Waals surface area contributed by atoms with Gasteiger partial charge in [-0.2, -0.15) is 0 Å². The predicted octanol–water partition coefficient (Wildman–Crippen LogP) is 4.11. The molecule has 0 unspecified atom stereocenters. The summed E-state index contributed by atoms with van der Waals surface area (Å²) in [5.74, 6) is -0.456. The molecule has 5 heteroatoms. The van der Waals surface area contributed by atoms with Gasteiger partial charge in [0.25, 0.3) is 0 Å². The average Bonchev–Trinajstić information content (AvgIpc) is 2.36. The lowest BCUT2D eigenvalue weighted by Crippen LogP contribution is -2.08. The van der Waals surface area contributed by atoms with Crippen molar-refractivity contribution in [3.63, 3.8) is 0 Å². The minimum Gasteiger partial charge on any atom is -0.462 e. The second-order valence-electron chi connectivity index (χ2n) is 3.78. The molecule has 3 nitrogen and oxygen atoms in total. The second-order valence-corrected chi connectivity index (χ2v) is 4.63. The van der Waals surface area contributed by atoms with E-state index in [-0.39, 0.29) is 0 Å². The molecule has 18 heavy (non-hydrogen) atoms. The maximum Gasteiger partial charge on any atom is 0.341 e. The topological polar surface area (TPSA) is 39.2 Å². The zero-order valence-electron chi connectivity index (χ0n) is 9.74. The van der Waals surface area contributed by atoms with Crippen LogP contribution in [0.4, 0.5) is 0 Å². The molecule has 0 radical (unpaired) electrons. The Hall–Kier alpha value is -1.32. The molecule has 0 atom stereocenters. The van der Waals surface area contributed by atoms with Gasteiger partial charge in [-0.3, -0.25) is 4.98 Å². The van der Waals surface area contributed by atoms with E-state index >= 15 is 0 Å². The van der Waals surface area contributed by atoms with Crippen molar-refractivity contribution in [2.45, 2.75) is 13.3 Å². The van der Waals surface area contributed by atoms with E-state index in [9.17, 15) is 4.79 Å². The highest BCUT2D eigenvalue weighted by Crippen LogP contribution is 2.27. The molecule has 0 bridgehead atoms. The Balaban J connectivity index is 2.54. The number of ether oxygens (including phenoxy) is 1. The third-order valence-electron chi connectivity index (χ3n) is 2.41. The molecule has 0 aliphatic rings. The van der Waals surface area contributed by atoms with E-state index < -0.39 is 5.97 Å². The van der Waals surface area contributed by atoms with Gasteiger partial charge >= 0.3 is 5.97 Å². The van der Waals surface area contributed by atoms with E-state index in [0.717, 1.165) is 11.8 Å². The van der Waals surface area contributed by atoms with E-state index in [2.05, 4.69) is 4.98 Å². The number of nitrogens with zero attached hydrogens (tertiary/aromatic N) is 1. The van der Waals surface area contributed by atoms with Crippen molar-refractivity contribution in [3.8, 4) is 0 Å². The highest BCUT2D eigenvalue weighted by Gasteiger charge is 2.17. The molecule has 1 aromatic carbocycles. The van der Waals surface area contributed by atoms with Gasteiger partial charge in [-0.15, -0.1) is 0 Å². The summed E-state index contributed by atoms with van der Waals surface area (Å²) in [5, 5.41) is 1.60. The summed E-state index contributed by atoms with van der Waals surface area (Å²) in [5.41, 5.74) is 0.798. The smallest absolute Gasteiger partial charge is 0.341 e. The maximum absolute atomic E-state index is 11.9. The number of carbonyl (C=O) groups is 1. The lowest BCUT2D eigenvalue weighted by atomic mass is 10.1. The molecule has 0 N–H and O–H groups in total. The summed E-state index contributed by atoms with van der Waals surface area (Å²) in [6, 6.07) is 5.15. The van der Waals surface area contributed by atoms with Crippen LogP contribution in [-0.4, -0.2) is 17.6 Å². The molecular weight excluding hydrogens is 273 g/mol. The van der Waals surface area contributed by atoms with Gasteiger partial charge in [0.15, 0.2) is 0 Å². The second kappa shape index (κ2) is 5.55. The van der Waals surface area contributed by atoms with Gasteiger partial charge < -0.3 is 4.74 Å². The Morgan fingerprint density at radius 1 is 1.39 bits per heavy atom. The van der Waals surface area contributed by atoms with Crippen LogP contribution in [0.25, 0.3) is 10.9 Å². The molecule has 0 fully saturated rings. The molecule has 2 aromatic rings. The van der Waals surface area contributed by atoms with E-state index in [4.69, 9.17) is 27.9 Å². The normalized spacial score (nSPS) is 10.6. The van der Waals surface area contributed by atoms with Crippen LogP contribution in [0.3, 0.4) is 0 Å². The molecule has 0 amide bonds. The van der Waals surface area contributed by atoms with Gasteiger partial charge in [0.1, 0.15) is 5.56 Å². The van der Waals surface area contributed by atoms with Crippen LogP contribution in [0.1, 0.15) is 23.7 Å². The summed E-state index contributed by atoms with van der Waals surface area (Å²) in [6.07, 6.45) is 2.24. The van der Waals surface area contributed by atoms with Gasteiger partial charge in [-0.1, -0.05) is 36.2 Å². The number of esters is 1. The summed E-state index contributed by atoms with van der Waals surface area (Å²) < 4.78 is 5.10. The van der Waals surface area contributed by atoms with E-state index in [1.807, 2.05) is 6.92 Å². The van der Waals surface area contributed by atoms with Crippen molar-refractivity contribution >= 4 is 40.1 Å². The average molecular weight is 284 g/mol. The molecule has 0 saturated heterocycles. The Labute approximate surface area is 115 Å². The molecule has 2 rings (SSSR count). The van der Waals surface area contributed by atoms with Gasteiger partial charge in [-0.25, -0.2) is 4.79 Å². The van der Waals surface area contributed by atoms with E-state index in [0.29, 0.717) is 27.7 Å². The molecule has 0 aliphatic carbocycles. The quantitative estimate of drug-likeness (QED) is 0.796. The Bertz CT molecular complexity index is 599. The maximum atomic E-state index is 11.9. The third-order valence-corrected chi connectivity index (χ3v) is 2.93. The number of halogens is 2. The molecular formula is C13H11Cl2NO2. The first-order valence-electron chi connectivity index (χ1n) is 5.54. The summed E-state index contributed by atoms with van der Waals surface area (Å²) >= 11 is 11.9. The zero-order valence-corrected chi connectivity index (χ0v) is 11.3.